The van der Waals surface area contributed by atoms with Crippen LogP contribution in [-0.2, 0) is 9.59 Å². The first-order valence-corrected chi connectivity index (χ1v) is 7.73. The number of carbonyl (C=O) groups excluding carboxylic acids is 2. The number of rotatable bonds is 5. The summed E-state index contributed by atoms with van der Waals surface area (Å²) in [5.74, 6) is -0.611. The van der Waals surface area contributed by atoms with Crippen molar-refractivity contribution in [3.63, 3.8) is 0 Å². The molecule has 0 saturated carbocycles. The summed E-state index contributed by atoms with van der Waals surface area (Å²) in [5, 5.41) is 2.91. The number of nitrogens with one attached hydrogen (secondary N) is 1. The van der Waals surface area contributed by atoms with Gasteiger partial charge in [-0.2, -0.15) is 0 Å². The highest BCUT2D eigenvalue weighted by molar-refractivity contribution is 6.40. The molecule has 0 unspecified atom stereocenters. The zero-order valence-electron chi connectivity index (χ0n) is 13.5. The molecule has 1 aromatic carbocycles. The van der Waals surface area contributed by atoms with Crippen LogP contribution in [-0.4, -0.2) is 29.8 Å². The molecule has 5 nitrogen and oxygen atoms in total. The first-order chi connectivity index (χ1) is 10.2. The van der Waals surface area contributed by atoms with E-state index >= 15 is 0 Å². The average Bonchev–Trinajstić information content (AvgIpc) is 2.40. The summed E-state index contributed by atoms with van der Waals surface area (Å²) >= 11 is 5.91. The summed E-state index contributed by atoms with van der Waals surface area (Å²) in [5.41, 5.74) is 6.49. The van der Waals surface area contributed by atoms with Gasteiger partial charge in [-0.3, -0.25) is 9.59 Å². The Hall–Kier alpha value is -1.75. The van der Waals surface area contributed by atoms with Gasteiger partial charge in [0.2, 0.25) is 0 Å². The van der Waals surface area contributed by atoms with Gasteiger partial charge in [0.15, 0.2) is 0 Å². The zero-order valence-corrected chi connectivity index (χ0v) is 14.3. The lowest BCUT2D eigenvalue weighted by Gasteiger charge is -2.25. The fourth-order valence-electron chi connectivity index (χ4n) is 2.05. The molecule has 0 bridgehead atoms. The second-order valence-electron chi connectivity index (χ2n) is 6.19. The molecule has 0 fully saturated rings. The number of amides is 2. The van der Waals surface area contributed by atoms with Gasteiger partial charge in [-0.15, -0.1) is 0 Å². The molecule has 0 aliphatic carbocycles. The van der Waals surface area contributed by atoms with E-state index in [1.807, 2.05) is 27.7 Å². The van der Waals surface area contributed by atoms with Gasteiger partial charge in [0.1, 0.15) is 0 Å². The Morgan fingerprint density at radius 1 is 1.18 bits per heavy atom. The SMILES string of the molecule is CC(C)CN(CC(C)C)C(=O)C(=O)Nc1ccc(N)c(Cl)c1. The summed E-state index contributed by atoms with van der Waals surface area (Å²) in [4.78, 5) is 26.0. The standard InChI is InChI=1S/C16H24ClN3O2/c1-10(2)8-20(9-11(3)4)16(22)15(21)19-12-5-6-14(18)13(17)7-12/h5-7,10-11H,8-9,18H2,1-4H3,(H,19,21). The highest BCUT2D eigenvalue weighted by atomic mass is 35.5. The highest BCUT2D eigenvalue weighted by Crippen LogP contribution is 2.22. The van der Waals surface area contributed by atoms with E-state index in [0.29, 0.717) is 41.3 Å². The molecule has 3 N–H and O–H groups in total. The van der Waals surface area contributed by atoms with Crippen molar-refractivity contribution < 1.29 is 9.59 Å². The molecule has 2 amide bonds. The van der Waals surface area contributed by atoms with Crippen molar-refractivity contribution in [1.29, 1.82) is 0 Å². The quantitative estimate of drug-likeness (QED) is 0.645. The maximum Gasteiger partial charge on any atom is 0.313 e. The Morgan fingerprint density at radius 3 is 2.18 bits per heavy atom. The van der Waals surface area contributed by atoms with E-state index in [2.05, 4.69) is 5.32 Å². The van der Waals surface area contributed by atoms with Crippen LogP contribution in [0, 0.1) is 11.8 Å². The molecule has 0 saturated heterocycles. The number of nitrogen functional groups attached to an aromatic ring is 1. The van der Waals surface area contributed by atoms with Crippen LogP contribution in [0.3, 0.4) is 0 Å². The highest BCUT2D eigenvalue weighted by Gasteiger charge is 2.23. The van der Waals surface area contributed by atoms with E-state index < -0.39 is 11.8 Å². The van der Waals surface area contributed by atoms with Gasteiger partial charge < -0.3 is 16.0 Å². The Labute approximate surface area is 136 Å². The summed E-state index contributed by atoms with van der Waals surface area (Å²) in [7, 11) is 0. The van der Waals surface area contributed by atoms with Gasteiger partial charge in [0.25, 0.3) is 0 Å². The Bertz CT molecular complexity index is 534. The third kappa shape index (κ3) is 5.56. The van der Waals surface area contributed by atoms with Crippen LogP contribution in [0.2, 0.25) is 5.02 Å². The van der Waals surface area contributed by atoms with Crippen molar-refractivity contribution in [2.45, 2.75) is 27.7 Å². The Morgan fingerprint density at radius 2 is 1.73 bits per heavy atom. The predicted octanol–water partition coefficient (Wildman–Crippen LogP) is 3.00. The van der Waals surface area contributed by atoms with Gasteiger partial charge in [0, 0.05) is 18.8 Å². The van der Waals surface area contributed by atoms with Crippen molar-refractivity contribution in [1.82, 2.24) is 4.90 Å². The van der Waals surface area contributed by atoms with Crippen molar-refractivity contribution in [3.05, 3.63) is 23.2 Å². The van der Waals surface area contributed by atoms with Crippen molar-refractivity contribution in [3.8, 4) is 0 Å². The first-order valence-electron chi connectivity index (χ1n) is 7.36. The van der Waals surface area contributed by atoms with Crippen molar-refractivity contribution in [2.24, 2.45) is 11.8 Å². The molecule has 0 aliphatic rings. The molecule has 0 radical (unpaired) electrons. The molecule has 1 rings (SSSR count). The molecule has 0 aliphatic heterocycles. The molecular formula is C16H24ClN3O2. The predicted molar refractivity (Wildman–Crippen MR) is 90.8 cm³/mol. The van der Waals surface area contributed by atoms with Gasteiger partial charge in [0.05, 0.1) is 10.7 Å². The van der Waals surface area contributed by atoms with Crippen LogP contribution in [0.4, 0.5) is 11.4 Å². The first kappa shape index (κ1) is 18.3. The van der Waals surface area contributed by atoms with Crippen molar-refractivity contribution in [2.75, 3.05) is 24.1 Å². The van der Waals surface area contributed by atoms with Gasteiger partial charge in [-0.05, 0) is 30.0 Å². The maximum atomic E-state index is 12.3. The number of nitrogens with two attached hydrogens (primary N) is 1. The van der Waals surface area contributed by atoms with Crippen LogP contribution >= 0.6 is 11.6 Å². The minimum absolute atomic E-state index is 0.293. The number of anilines is 2. The number of hydrogen-bond donors (Lipinski definition) is 2. The van der Waals surface area contributed by atoms with E-state index in [-0.39, 0.29) is 0 Å². The molecule has 0 aromatic heterocycles. The number of nitrogens with zero attached hydrogens (tertiary/aromatic N) is 1. The largest absolute Gasteiger partial charge is 0.398 e. The van der Waals surface area contributed by atoms with Crippen LogP contribution < -0.4 is 11.1 Å². The normalized spacial score (nSPS) is 10.9. The number of halogens is 1. The lowest BCUT2D eigenvalue weighted by molar-refractivity contribution is -0.143. The Balaban J connectivity index is 2.79. The van der Waals surface area contributed by atoms with Gasteiger partial charge in [-0.1, -0.05) is 39.3 Å². The van der Waals surface area contributed by atoms with Crippen LogP contribution in [0.1, 0.15) is 27.7 Å². The topological polar surface area (TPSA) is 75.4 Å². The zero-order chi connectivity index (χ0) is 16.9. The third-order valence-corrected chi connectivity index (χ3v) is 3.24. The summed E-state index contributed by atoms with van der Waals surface area (Å²) in [6.07, 6.45) is 0. The summed E-state index contributed by atoms with van der Waals surface area (Å²) < 4.78 is 0. The van der Waals surface area contributed by atoms with Crippen LogP contribution in [0.25, 0.3) is 0 Å². The van der Waals surface area contributed by atoms with Gasteiger partial charge >= 0.3 is 11.8 Å². The summed E-state index contributed by atoms with van der Waals surface area (Å²) in [6.45, 7) is 9.15. The number of benzene rings is 1. The lowest BCUT2D eigenvalue weighted by Crippen LogP contribution is -2.43. The smallest absolute Gasteiger partial charge is 0.313 e. The van der Waals surface area contributed by atoms with E-state index in [4.69, 9.17) is 17.3 Å². The fourth-order valence-corrected chi connectivity index (χ4v) is 2.24. The van der Waals surface area contributed by atoms with E-state index in [1.54, 1.807) is 17.0 Å². The Kier molecular flexibility index (Phi) is 6.68. The average molecular weight is 326 g/mol. The number of hydrogen-bond acceptors (Lipinski definition) is 3. The van der Waals surface area contributed by atoms with Gasteiger partial charge in [-0.25, -0.2) is 0 Å². The minimum atomic E-state index is -0.665. The maximum absolute atomic E-state index is 12.3. The molecule has 6 heteroatoms. The van der Waals surface area contributed by atoms with E-state index in [1.165, 1.54) is 6.07 Å². The van der Waals surface area contributed by atoms with E-state index in [0.717, 1.165) is 0 Å². The molecule has 0 spiro atoms. The summed E-state index contributed by atoms with van der Waals surface area (Å²) in [6, 6.07) is 4.72. The fraction of sp³-hybridized carbons (Fsp3) is 0.500. The van der Waals surface area contributed by atoms with E-state index in [9.17, 15) is 9.59 Å². The second-order valence-corrected chi connectivity index (χ2v) is 6.60. The second kappa shape index (κ2) is 8.03. The molecule has 1 aromatic rings. The molecule has 22 heavy (non-hydrogen) atoms. The molecule has 122 valence electrons. The monoisotopic (exact) mass is 325 g/mol. The molecule has 0 atom stereocenters. The lowest BCUT2D eigenvalue weighted by atomic mass is 10.1. The molecular weight excluding hydrogens is 302 g/mol. The van der Waals surface area contributed by atoms with Crippen LogP contribution in [0.5, 0.6) is 0 Å². The van der Waals surface area contributed by atoms with Crippen LogP contribution in [0.15, 0.2) is 18.2 Å². The molecule has 0 heterocycles. The third-order valence-electron chi connectivity index (χ3n) is 2.91. The van der Waals surface area contributed by atoms with Crippen molar-refractivity contribution >= 4 is 34.8 Å². The minimum Gasteiger partial charge on any atom is -0.398 e. The number of carbonyl (C=O) groups is 2.